The monoisotopic (exact) mass is 209 g/mol. The summed E-state index contributed by atoms with van der Waals surface area (Å²) in [6.07, 6.45) is 0.646. The van der Waals surface area contributed by atoms with Gasteiger partial charge in [-0.05, 0) is 17.9 Å². The molecule has 74 valence electrons. The van der Waals surface area contributed by atoms with Gasteiger partial charge in [0, 0.05) is 0 Å². The van der Waals surface area contributed by atoms with E-state index in [0.29, 0.717) is 11.3 Å². The van der Waals surface area contributed by atoms with E-state index >= 15 is 0 Å². The van der Waals surface area contributed by atoms with Crippen LogP contribution in [0.1, 0.15) is 29.4 Å². The quantitative estimate of drug-likeness (QED) is 0.716. The Morgan fingerprint density at radius 3 is 3.07 bits per heavy atom. The topological polar surface area (TPSA) is 50.1 Å². The summed E-state index contributed by atoms with van der Waals surface area (Å²) < 4.78 is 5.13. The molecule has 1 heterocycles. The van der Waals surface area contributed by atoms with Crippen LogP contribution in [-0.2, 0) is 4.74 Å². The van der Waals surface area contributed by atoms with Crippen molar-refractivity contribution in [2.75, 3.05) is 0 Å². The molecule has 0 aromatic carbocycles. The Bertz CT molecular complexity index is 326. The Labute approximate surface area is 86.9 Å². The first kappa shape index (κ1) is 10.7. The summed E-state index contributed by atoms with van der Waals surface area (Å²) in [6.45, 7) is 1.89. The highest BCUT2D eigenvalue weighted by Gasteiger charge is 2.14. The molecule has 0 unspecified atom stereocenters. The third-order valence-corrected chi connectivity index (χ3v) is 2.62. The van der Waals surface area contributed by atoms with Crippen molar-refractivity contribution >= 4 is 17.3 Å². The van der Waals surface area contributed by atoms with Crippen LogP contribution in [0.15, 0.2) is 17.5 Å². The lowest BCUT2D eigenvalue weighted by Gasteiger charge is -2.11. The number of carbonyl (C=O) groups excluding carboxylic acids is 1. The number of hydrogen-bond donors (Lipinski definition) is 0. The van der Waals surface area contributed by atoms with Crippen LogP contribution in [0, 0.1) is 11.3 Å². The molecule has 0 N–H and O–H groups in total. The van der Waals surface area contributed by atoms with Gasteiger partial charge >= 0.3 is 5.97 Å². The van der Waals surface area contributed by atoms with Gasteiger partial charge in [0.25, 0.3) is 0 Å². The first-order valence-electron chi connectivity index (χ1n) is 4.39. The molecule has 0 saturated carbocycles. The summed E-state index contributed by atoms with van der Waals surface area (Å²) in [5.74, 6) is -0.331. The van der Waals surface area contributed by atoms with Crippen LogP contribution in [0.3, 0.4) is 0 Å². The van der Waals surface area contributed by atoms with E-state index in [4.69, 9.17) is 10.00 Å². The molecular weight excluding hydrogens is 198 g/mol. The van der Waals surface area contributed by atoms with Gasteiger partial charge < -0.3 is 4.74 Å². The second-order valence-corrected chi connectivity index (χ2v) is 3.72. The fourth-order valence-corrected chi connectivity index (χ4v) is 1.58. The summed E-state index contributed by atoms with van der Waals surface area (Å²) >= 11 is 1.34. The third-order valence-electron chi connectivity index (χ3n) is 1.77. The maximum Gasteiger partial charge on any atom is 0.348 e. The number of hydrogen-bond acceptors (Lipinski definition) is 4. The largest absolute Gasteiger partial charge is 0.457 e. The Morgan fingerprint density at radius 1 is 1.79 bits per heavy atom. The summed E-state index contributed by atoms with van der Waals surface area (Å²) in [6, 6.07) is 5.51. The molecule has 0 saturated heterocycles. The van der Waals surface area contributed by atoms with Crippen molar-refractivity contribution in [3.63, 3.8) is 0 Å². The van der Waals surface area contributed by atoms with Gasteiger partial charge in [0.2, 0.25) is 0 Å². The Balaban J connectivity index is 2.52. The molecule has 0 bridgehead atoms. The van der Waals surface area contributed by atoms with Crippen molar-refractivity contribution in [2.24, 2.45) is 0 Å². The molecule has 3 nitrogen and oxygen atoms in total. The zero-order valence-corrected chi connectivity index (χ0v) is 8.71. The first-order chi connectivity index (χ1) is 6.77. The lowest BCUT2D eigenvalue weighted by Crippen LogP contribution is -2.16. The van der Waals surface area contributed by atoms with E-state index in [1.54, 1.807) is 12.1 Å². The van der Waals surface area contributed by atoms with Gasteiger partial charge in [0.1, 0.15) is 11.0 Å². The minimum Gasteiger partial charge on any atom is -0.457 e. The van der Waals surface area contributed by atoms with E-state index in [1.165, 1.54) is 11.3 Å². The van der Waals surface area contributed by atoms with Crippen molar-refractivity contribution in [3.05, 3.63) is 22.4 Å². The highest BCUT2D eigenvalue weighted by atomic mass is 32.1. The third kappa shape index (κ3) is 2.86. The van der Waals surface area contributed by atoms with E-state index in [2.05, 4.69) is 0 Å². The second kappa shape index (κ2) is 5.40. The summed E-state index contributed by atoms with van der Waals surface area (Å²) in [5.41, 5.74) is 0. The van der Waals surface area contributed by atoms with Gasteiger partial charge in [-0.3, -0.25) is 0 Å². The van der Waals surface area contributed by atoms with Crippen LogP contribution < -0.4 is 0 Å². The van der Waals surface area contributed by atoms with Crippen LogP contribution in [0.5, 0.6) is 0 Å². The molecule has 0 aliphatic carbocycles. The average Bonchev–Trinajstić information content (AvgIpc) is 2.69. The lowest BCUT2D eigenvalue weighted by atomic mass is 10.2. The molecule has 1 rings (SSSR count). The number of nitrogens with zero attached hydrogens (tertiary/aromatic N) is 1. The SMILES string of the molecule is CC[C@@H](CC#N)OC(=O)c1cccs1. The molecule has 1 atom stereocenters. The number of ether oxygens (including phenoxy) is 1. The van der Waals surface area contributed by atoms with Gasteiger partial charge in [-0.1, -0.05) is 13.0 Å². The Morgan fingerprint density at radius 2 is 2.57 bits per heavy atom. The average molecular weight is 209 g/mol. The van der Waals surface area contributed by atoms with E-state index in [1.807, 2.05) is 18.4 Å². The van der Waals surface area contributed by atoms with E-state index in [-0.39, 0.29) is 18.5 Å². The summed E-state index contributed by atoms with van der Waals surface area (Å²) in [7, 11) is 0. The van der Waals surface area contributed by atoms with Crippen LogP contribution in [-0.4, -0.2) is 12.1 Å². The molecule has 0 aliphatic rings. The molecule has 1 aromatic rings. The highest BCUT2D eigenvalue weighted by molar-refractivity contribution is 7.11. The van der Waals surface area contributed by atoms with Crippen molar-refractivity contribution in [2.45, 2.75) is 25.9 Å². The zero-order chi connectivity index (χ0) is 10.4. The fourth-order valence-electron chi connectivity index (χ4n) is 0.975. The van der Waals surface area contributed by atoms with Gasteiger partial charge in [0.05, 0.1) is 12.5 Å². The minimum atomic E-state index is -0.331. The number of esters is 1. The van der Waals surface area contributed by atoms with Crippen LogP contribution in [0.2, 0.25) is 0 Å². The number of nitriles is 1. The van der Waals surface area contributed by atoms with Crippen molar-refractivity contribution in [1.82, 2.24) is 0 Å². The smallest absolute Gasteiger partial charge is 0.348 e. The number of carbonyl (C=O) groups is 1. The number of rotatable bonds is 4. The molecule has 14 heavy (non-hydrogen) atoms. The molecule has 0 fully saturated rings. The molecular formula is C10H11NO2S. The lowest BCUT2D eigenvalue weighted by molar-refractivity contribution is 0.0309. The maximum absolute atomic E-state index is 11.4. The van der Waals surface area contributed by atoms with E-state index in [9.17, 15) is 4.79 Å². The summed E-state index contributed by atoms with van der Waals surface area (Å²) in [4.78, 5) is 12.0. The molecule has 0 amide bonds. The Kier molecular flexibility index (Phi) is 4.14. The van der Waals surface area contributed by atoms with Crippen LogP contribution in [0.4, 0.5) is 0 Å². The van der Waals surface area contributed by atoms with Crippen LogP contribution >= 0.6 is 11.3 Å². The van der Waals surface area contributed by atoms with Gasteiger partial charge in [0.15, 0.2) is 0 Å². The van der Waals surface area contributed by atoms with Crippen molar-refractivity contribution in [3.8, 4) is 6.07 Å². The minimum absolute atomic E-state index is 0.258. The molecule has 4 heteroatoms. The first-order valence-corrected chi connectivity index (χ1v) is 5.27. The highest BCUT2D eigenvalue weighted by Crippen LogP contribution is 2.13. The molecule has 1 aromatic heterocycles. The van der Waals surface area contributed by atoms with Gasteiger partial charge in [-0.25, -0.2) is 4.79 Å². The zero-order valence-electron chi connectivity index (χ0n) is 7.90. The standard InChI is InChI=1S/C10H11NO2S/c1-2-8(5-6-11)13-10(12)9-4-3-7-14-9/h3-4,7-8H,2,5H2,1H3/t8-/m0/s1. The van der Waals surface area contributed by atoms with Crippen molar-refractivity contribution in [1.29, 1.82) is 5.26 Å². The van der Waals surface area contributed by atoms with Gasteiger partial charge in [-0.2, -0.15) is 5.26 Å². The van der Waals surface area contributed by atoms with Crippen LogP contribution in [0.25, 0.3) is 0 Å². The second-order valence-electron chi connectivity index (χ2n) is 2.78. The number of thiophene rings is 1. The van der Waals surface area contributed by atoms with E-state index in [0.717, 1.165) is 0 Å². The normalized spacial score (nSPS) is 11.7. The predicted molar refractivity (Wildman–Crippen MR) is 54.0 cm³/mol. The fraction of sp³-hybridized carbons (Fsp3) is 0.400. The Hall–Kier alpha value is -1.34. The van der Waals surface area contributed by atoms with Gasteiger partial charge in [-0.15, -0.1) is 11.3 Å². The molecule has 0 aliphatic heterocycles. The maximum atomic E-state index is 11.4. The predicted octanol–water partition coefficient (Wildman–Crippen LogP) is 2.60. The van der Waals surface area contributed by atoms with E-state index < -0.39 is 0 Å². The molecule has 0 spiro atoms. The molecule has 0 radical (unpaired) electrons. The summed E-state index contributed by atoms with van der Waals surface area (Å²) in [5, 5.41) is 10.3. The van der Waals surface area contributed by atoms with Crippen molar-refractivity contribution < 1.29 is 9.53 Å².